The number of amides is 2. The first-order valence-corrected chi connectivity index (χ1v) is 8.48. The van der Waals surface area contributed by atoms with Gasteiger partial charge in [-0.3, -0.25) is 14.5 Å². The number of hydrogen-bond acceptors (Lipinski definition) is 3. The maximum atomic E-state index is 12.2. The zero-order valence-corrected chi connectivity index (χ0v) is 14.1. The molecule has 1 aliphatic carbocycles. The first-order valence-electron chi connectivity index (χ1n) is 8.10. The van der Waals surface area contributed by atoms with Gasteiger partial charge in [0.1, 0.15) is 0 Å². The fraction of sp³-hybridized carbons (Fsp3) is 0.529. The lowest BCUT2D eigenvalue weighted by atomic mass is 10.2. The average Bonchev–Trinajstić information content (AvgIpc) is 3.35. The van der Waals surface area contributed by atoms with Gasteiger partial charge in [0.25, 0.3) is 0 Å². The molecule has 0 unspecified atom stereocenters. The molecule has 1 heterocycles. The Balaban J connectivity index is 1.46. The number of carbonyl (C=O) groups excluding carboxylic acids is 2. The van der Waals surface area contributed by atoms with Gasteiger partial charge in [0.2, 0.25) is 11.8 Å². The van der Waals surface area contributed by atoms with Crippen molar-refractivity contribution in [3.8, 4) is 0 Å². The van der Waals surface area contributed by atoms with Crippen molar-refractivity contribution < 1.29 is 9.59 Å². The molecule has 0 aromatic heterocycles. The van der Waals surface area contributed by atoms with Crippen molar-refractivity contribution in [1.29, 1.82) is 0 Å². The Hall–Kier alpha value is -1.59. The molecule has 0 radical (unpaired) electrons. The van der Waals surface area contributed by atoms with Crippen LogP contribution < -0.4 is 5.32 Å². The second kappa shape index (κ2) is 6.89. The molecule has 2 amide bonds. The van der Waals surface area contributed by atoms with E-state index in [9.17, 15) is 9.59 Å². The SMILES string of the molecule is Cc1ccc(NC(=O)CN2CCN(C(=O)C3CC3)CC2)c(Cl)c1. The van der Waals surface area contributed by atoms with Crippen LogP contribution in [0.5, 0.6) is 0 Å². The average molecular weight is 336 g/mol. The highest BCUT2D eigenvalue weighted by molar-refractivity contribution is 6.33. The maximum absolute atomic E-state index is 12.2. The normalized spacial score (nSPS) is 18.8. The van der Waals surface area contributed by atoms with Gasteiger partial charge in [0, 0.05) is 32.1 Å². The lowest BCUT2D eigenvalue weighted by Gasteiger charge is -2.34. The summed E-state index contributed by atoms with van der Waals surface area (Å²) in [6, 6.07) is 5.57. The van der Waals surface area contributed by atoms with Crippen LogP contribution in [0.15, 0.2) is 18.2 Å². The van der Waals surface area contributed by atoms with E-state index in [1.54, 1.807) is 0 Å². The van der Waals surface area contributed by atoms with E-state index in [1.165, 1.54) is 0 Å². The molecular formula is C17H22ClN3O2. The Labute approximate surface area is 141 Å². The van der Waals surface area contributed by atoms with E-state index in [1.807, 2.05) is 30.0 Å². The Morgan fingerprint density at radius 1 is 1.22 bits per heavy atom. The molecule has 6 heteroatoms. The summed E-state index contributed by atoms with van der Waals surface area (Å²) < 4.78 is 0. The summed E-state index contributed by atoms with van der Waals surface area (Å²) in [5.41, 5.74) is 1.70. The molecule has 3 rings (SSSR count). The Bertz CT molecular complexity index is 608. The summed E-state index contributed by atoms with van der Waals surface area (Å²) in [5.74, 6) is 0.492. The zero-order chi connectivity index (χ0) is 16.4. The van der Waals surface area contributed by atoms with Crippen molar-refractivity contribution in [1.82, 2.24) is 9.80 Å². The number of piperazine rings is 1. The van der Waals surface area contributed by atoms with Crippen LogP contribution in [0.4, 0.5) is 5.69 Å². The molecule has 1 saturated heterocycles. The van der Waals surface area contributed by atoms with E-state index in [4.69, 9.17) is 11.6 Å². The minimum atomic E-state index is -0.0716. The van der Waals surface area contributed by atoms with Crippen LogP contribution in [0.3, 0.4) is 0 Å². The van der Waals surface area contributed by atoms with E-state index < -0.39 is 0 Å². The van der Waals surface area contributed by atoms with Crippen LogP contribution in [-0.2, 0) is 9.59 Å². The lowest BCUT2D eigenvalue weighted by Crippen LogP contribution is -2.50. The fourth-order valence-corrected chi connectivity index (χ4v) is 3.11. The summed E-state index contributed by atoms with van der Waals surface area (Å²) in [7, 11) is 0. The zero-order valence-electron chi connectivity index (χ0n) is 13.3. The third kappa shape index (κ3) is 4.24. The molecule has 0 spiro atoms. The summed E-state index contributed by atoms with van der Waals surface area (Å²) in [6.07, 6.45) is 2.08. The van der Waals surface area contributed by atoms with Crippen LogP contribution in [0, 0.1) is 12.8 Å². The molecule has 23 heavy (non-hydrogen) atoms. The van der Waals surface area contributed by atoms with E-state index in [-0.39, 0.29) is 11.8 Å². The number of rotatable bonds is 4. The monoisotopic (exact) mass is 335 g/mol. The summed E-state index contributed by atoms with van der Waals surface area (Å²) in [6.45, 7) is 5.21. The first-order chi connectivity index (χ1) is 11.0. The standard InChI is InChI=1S/C17H22ClN3O2/c1-12-2-5-15(14(18)10-12)19-16(22)11-20-6-8-21(9-7-20)17(23)13-3-4-13/h2,5,10,13H,3-4,6-9,11H2,1H3,(H,19,22). The second-order valence-corrected chi connectivity index (χ2v) is 6.81. The highest BCUT2D eigenvalue weighted by atomic mass is 35.5. The lowest BCUT2D eigenvalue weighted by molar-refractivity contribution is -0.134. The molecule has 1 aromatic carbocycles. The maximum Gasteiger partial charge on any atom is 0.238 e. The highest BCUT2D eigenvalue weighted by Gasteiger charge is 2.34. The number of nitrogens with one attached hydrogen (secondary N) is 1. The summed E-state index contributed by atoms with van der Waals surface area (Å²) in [5, 5.41) is 3.41. The molecule has 1 N–H and O–H groups in total. The van der Waals surface area contributed by atoms with Crippen molar-refractivity contribution >= 4 is 29.1 Å². The molecule has 5 nitrogen and oxygen atoms in total. The summed E-state index contributed by atoms with van der Waals surface area (Å²) >= 11 is 6.13. The van der Waals surface area contributed by atoms with Crippen molar-refractivity contribution in [2.75, 3.05) is 38.0 Å². The van der Waals surface area contributed by atoms with Crippen molar-refractivity contribution in [2.24, 2.45) is 5.92 Å². The van der Waals surface area contributed by atoms with Crippen molar-refractivity contribution in [3.05, 3.63) is 28.8 Å². The minimum absolute atomic E-state index is 0.0716. The van der Waals surface area contributed by atoms with Gasteiger partial charge in [-0.2, -0.15) is 0 Å². The van der Waals surface area contributed by atoms with Crippen LogP contribution in [-0.4, -0.2) is 54.3 Å². The van der Waals surface area contributed by atoms with Gasteiger partial charge < -0.3 is 10.2 Å². The number of hydrogen-bond donors (Lipinski definition) is 1. The molecule has 2 aliphatic rings. The predicted octanol–water partition coefficient (Wildman–Crippen LogP) is 2.14. The van der Waals surface area contributed by atoms with Gasteiger partial charge in [-0.25, -0.2) is 0 Å². The number of anilines is 1. The number of nitrogens with zero attached hydrogens (tertiary/aromatic N) is 2. The molecule has 1 saturated carbocycles. The van der Waals surface area contributed by atoms with Crippen LogP contribution in [0.1, 0.15) is 18.4 Å². The smallest absolute Gasteiger partial charge is 0.238 e. The molecular weight excluding hydrogens is 314 g/mol. The molecule has 1 aliphatic heterocycles. The molecule has 1 aromatic rings. The van der Waals surface area contributed by atoms with E-state index in [2.05, 4.69) is 10.2 Å². The van der Waals surface area contributed by atoms with Gasteiger partial charge in [0.05, 0.1) is 17.3 Å². The Morgan fingerprint density at radius 2 is 1.91 bits per heavy atom. The molecule has 124 valence electrons. The van der Waals surface area contributed by atoms with Crippen molar-refractivity contribution in [2.45, 2.75) is 19.8 Å². The van der Waals surface area contributed by atoms with E-state index in [0.29, 0.717) is 36.3 Å². The molecule has 2 fully saturated rings. The fourth-order valence-electron chi connectivity index (χ4n) is 2.83. The Kier molecular flexibility index (Phi) is 4.87. The third-order valence-electron chi connectivity index (χ3n) is 4.38. The van der Waals surface area contributed by atoms with E-state index >= 15 is 0 Å². The van der Waals surface area contributed by atoms with Crippen LogP contribution in [0.2, 0.25) is 5.02 Å². The largest absolute Gasteiger partial charge is 0.340 e. The molecule has 0 bridgehead atoms. The number of carbonyl (C=O) groups is 2. The second-order valence-electron chi connectivity index (χ2n) is 6.41. The first kappa shape index (κ1) is 16.3. The topological polar surface area (TPSA) is 52.7 Å². The van der Waals surface area contributed by atoms with Gasteiger partial charge in [-0.15, -0.1) is 0 Å². The van der Waals surface area contributed by atoms with Crippen LogP contribution in [0.25, 0.3) is 0 Å². The van der Waals surface area contributed by atoms with Crippen LogP contribution >= 0.6 is 11.6 Å². The quantitative estimate of drug-likeness (QED) is 0.917. The predicted molar refractivity (Wildman–Crippen MR) is 90.6 cm³/mol. The number of aryl methyl sites for hydroxylation is 1. The van der Waals surface area contributed by atoms with Gasteiger partial charge in [0.15, 0.2) is 0 Å². The number of halogens is 1. The summed E-state index contributed by atoms with van der Waals surface area (Å²) in [4.78, 5) is 28.2. The van der Waals surface area contributed by atoms with Crippen molar-refractivity contribution in [3.63, 3.8) is 0 Å². The van der Waals surface area contributed by atoms with Gasteiger partial charge >= 0.3 is 0 Å². The minimum Gasteiger partial charge on any atom is -0.340 e. The molecule has 0 atom stereocenters. The number of benzene rings is 1. The van der Waals surface area contributed by atoms with Gasteiger partial charge in [-0.05, 0) is 37.5 Å². The highest BCUT2D eigenvalue weighted by Crippen LogP contribution is 2.31. The van der Waals surface area contributed by atoms with E-state index in [0.717, 1.165) is 31.5 Å². The Morgan fingerprint density at radius 3 is 2.52 bits per heavy atom. The third-order valence-corrected chi connectivity index (χ3v) is 4.69. The van der Waals surface area contributed by atoms with Gasteiger partial charge in [-0.1, -0.05) is 17.7 Å².